The molecule has 120 valence electrons. The number of fused-ring (bicyclic) bond motifs is 1. The molecule has 1 atom stereocenters. The third-order valence-electron chi connectivity index (χ3n) is 4.45. The molecule has 24 heavy (non-hydrogen) atoms. The van der Waals surface area contributed by atoms with E-state index in [9.17, 15) is 4.79 Å². The standard InChI is InChI=1S/C17H16N6O/c18-7-12-2-1-3-13(6-12)9-22-5-4-14(10-22)23-16-15(21-17(23)24)8-19-11-20-16/h1-3,6,8,11,14H,4-5,9-10H2,(H,21,24). The van der Waals surface area contributed by atoms with Gasteiger partial charge in [-0.15, -0.1) is 0 Å². The topological polar surface area (TPSA) is 90.6 Å². The Hall–Kier alpha value is -2.98. The van der Waals surface area contributed by atoms with Crippen LogP contribution in [0.4, 0.5) is 0 Å². The number of benzene rings is 1. The van der Waals surface area contributed by atoms with Gasteiger partial charge in [-0.1, -0.05) is 12.1 Å². The van der Waals surface area contributed by atoms with E-state index in [1.807, 2.05) is 24.3 Å². The second kappa shape index (κ2) is 5.91. The first-order chi connectivity index (χ1) is 11.7. The minimum absolute atomic E-state index is 0.0975. The van der Waals surface area contributed by atoms with Crippen LogP contribution in [0.1, 0.15) is 23.6 Å². The van der Waals surface area contributed by atoms with Crippen molar-refractivity contribution in [3.8, 4) is 6.07 Å². The maximum Gasteiger partial charge on any atom is 0.328 e. The van der Waals surface area contributed by atoms with Gasteiger partial charge in [0.2, 0.25) is 0 Å². The van der Waals surface area contributed by atoms with E-state index in [-0.39, 0.29) is 11.7 Å². The molecule has 1 fully saturated rings. The van der Waals surface area contributed by atoms with Gasteiger partial charge in [0.05, 0.1) is 23.9 Å². The van der Waals surface area contributed by atoms with E-state index in [1.165, 1.54) is 6.33 Å². The summed E-state index contributed by atoms with van der Waals surface area (Å²) in [6.07, 6.45) is 3.99. The van der Waals surface area contributed by atoms with Gasteiger partial charge in [-0.2, -0.15) is 5.26 Å². The van der Waals surface area contributed by atoms with Crippen molar-refractivity contribution in [2.24, 2.45) is 0 Å². The average molecular weight is 320 g/mol. The van der Waals surface area contributed by atoms with Gasteiger partial charge >= 0.3 is 5.69 Å². The summed E-state index contributed by atoms with van der Waals surface area (Å²) in [5, 5.41) is 9.00. The monoisotopic (exact) mass is 320 g/mol. The van der Waals surface area contributed by atoms with Crippen LogP contribution < -0.4 is 5.69 Å². The first kappa shape index (κ1) is 14.6. The van der Waals surface area contributed by atoms with Crippen molar-refractivity contribution in [3.05, 3.63) is 58.4 Å². The molecule has 0 amide bonds. The molecular formula is C17H16N6O. The lowest BCUT2D eigenvalue weighted by molar-refractivity contribution is 0.316. The molecule has 1 unspecified atom stereocenters. The van der Waals surface area contributed by atoms with Crippen molar-refractivity contribution in [2.75, 3.05) is 13.1 Å². The molecule has 1 aliphatic heterocycles. The second-order valence-corrected chi connectivity index (χ2v) is 6.05. The van der Waals surface area contributed by atoms with Crippen LogP contribution in [0.3, 0.4) is 0 Å². The van der Waals surface area contributed by atoms with Gasteiger partial charge in [0.15, 0.2) is 5.65 Å². The van der Waals surface area contributed by atoms with Crippen LogP contribution in [0, 0.1) is 11.3 Å². The number of nitrogens with zero attached hydrogens (tertiary/aromatic N) is 5. The van der Waals surface area contributed by atoms with E-state index < -0.39 is 0 Å². The first-order valence-electron chi connectivity index (χ1n) is 7.86. The van der Waals surface area contributed by atoms with E-state index >= 15 is 0 Å². The molecule has 3 heterocycles. The Labute approximate surface area is 138 Å². The van der Waals surface area contributed by atoms with Gasteiger partial charge in [0, 0.05) is 19.6 Å². The number of hydrogen-bond donors (Lipinski definition) is 1. The summed E-state index contributed by atoms with van der Waals surface area (Å²) in [7, 11) is 0. The third kappa shape index (κ3) is 2.57. The van der Waals surface area contributed by atoms with Crippen LogP contribution in [-0.4, -0.2) is 37.5 Å². The van der Waals surface area contributed by atoms with Gasteiger partial charge < -0.3 is 4.98 Å². The number of aromatic nitrogens is 4. The minimum atomic E-state index is -0.135. The molecule has 2 aromatic heterocycles. The highest BCUT2D eigenvalue weighted by Gasteiger charge is 2.27. The molecule has 0 spiro atoms. The van der Waals surface area contributed by atoms with Crippen LogP contribution in [0.2, 0.25) is 0 Å². The smallest absolute Gasteiger partial charge is 0.303 e. The maximum atomic E-state index is 12.3. The van der Waals surface area contributed by atoms with Gasteiger partial charge in [-0.25, -0.2) is 14.8 Å². The second-order valence-electron chi connectivity index (χ2n) is 6.05. The van der Waals surface area contributed by atoms with Crippen molar-refractivity contribution >= 4 is 11.2 Å². The normalized spacial score (nSPS) is 18.0. The van der Waals surface area contributed by atoms with E-state index in [1.54, 1.807) is 10.8 Å². The van der Waals surface area contributed by atoms with Crippen molar-refractivity contribution in [1.29, 1.82) is 5.26 Å². The Morgan fingerprint density at radius 2 is 2.33 bits per heavy atom. The number of hydrogen-bond acceptors (Lipinski definition) is 5. The highest BCUT2D eigenvalue weighted by molar-refractivity contribution is 5.69. The number of nitriles is 1. The fourth-order valence-electron chi connectivity index (χ4n) is 3.38. The predicted octanol–water partition coefficient (Wildman–Crippen LogP) is 1.44. The molecule has 0 radical (unpaired) electrons. The highest BCUT2D eigenvalue weighted by Crippen LogP contribution is 2.24. The average Bonchev–Trinajstić information content (AvgIpc) is 3.17. The van der Waals surface area contributed by atoms with Crippen molar-refractivity contribution in [3.63, 3.8) is 0 Å². The molecule has 1 aliphatic rings. The largest absolute Gasteiger partial charge is 0.328 e. The quantitative estimate of drug-likeness (QED) is 0.788. The summed E-state index contributed by atoms with van der Waals surface area (Å²) < 4.78 is 1.74. The van der Waals surface area contributed by atoms with Crippen molar-refractivity contribution in [1.82, 2.24) is 24.4 Å². The molecule has 0 bridgehead atoms. The van der Waals surface area contributed by atoms with Crippen molar-refractivity contribution < 1.29 is 0 Å². The lowest BCUT2D eigenvalue weighted by Gasteiger charge is -2.16. The summed E-state index contributed by atoms with van der Waals surface area (Å²) in [6.45, 7) is 2.47. The maximum absolute atomic E-state index is 12.3. The molecule has 4 rings (SSSR count). The molecular weight excluding hydrogens is 304 g/mol. The summed E-state index contributed by atoms with van der Waals surface area (Å²) in [6, 6.07) is 9.92. The Bertz CT molecular complexity index is 982. The lowest BCUT2D eigenvalue weighted by Crippen LogP contribution is -2.26. The zero-order valence-corrected chi connectivity index (χ0v) is 13.0. The van der Waals surface area contributed by atoms with Crippen LogP contribution in [0.5, 0.6) is 0 Å². The van der Waals surface area contributed by atoms with Crippen LogP contribution >= 0.6 is 0 Å². The Balaban J connectivity index is 1.55. The van der Waals surface area contributed by atoms with E-state index in [0.29, 0.717) is 16.7 Å². The summed E-state index contributed by atoms with van der Waals surface area (Å²) in [5.41, 5.74) is 2.98. The number of rotatable bonds is 3. The van der Waals surface area contributed by atoms with Gasteiger partial charge in [-0.05, 0) is 24.1 Å². The van der Waals surface area contributed by atoms with E-state index in [4.69, 9.17) is 5.26 Å². The Morgan fingerprint density at radius 3 is 3.21 bits per heavy atom. The molecule has 1 saturated heterocycles. The molecule has 1 N–H and O–H groups in total. The fourth-order valence-corrected chi connectivity index (χ4v) is 3.38. The van der Waals surface area contributed by atoms with E-state index in [0.717, 1.165) is 31.6 Å². The number of aromatic amines is 1. The zero-order chi connectivity index (χ0) is 16.5. The molecule has 7 nitrogen and oxygen atoms in total. The van der Waals surface area contributed by atoms with Gasteiger partial charge in [0.1, 0.15) is 11.8 Å². The van der Waals surface area contributed by atoms with E-state index in [2.05, 4.69) is 25.9 Å². The SMILES string of the molecule is N#Cc1cccc(CN2CCC(n3c(=O)[nH]c4cncnc43)C2)c1. The zero-order valence-electron chi connectivity index (χ0n) is 13.0. The fraction of sp³-hybridized carbons (Fsp3) is 0.294. The molecule has 7 heteroatoms. The number of likely N-dealkylation sites (tertiary alicyclic amines) is 1. The highest BCUT2D eigenvalue weighted by atomic mass is 16.1. The molecule has 0 saturated carbocycles. The van der Waals surface area contributed by atoms with Crippen LogP contribution in [0.15, 0.2) is 41.6 Å². The Kier molecular flexibility index (Phi) is 3.59. The summed E-state index contributed by atoms with van der Waals surface area (Å²) in [5.74, 6) is 0. The minimum Gasteiger partial charge on any atom is -0.303 e. The summed E-state index contributed by atoms with van der Waals surface area (Å²) in [4.78, 5) is 25.6. The lowest BCUT2D eigenvalue weighted by atomic mass is 10.1. The number of H-pyrrole nitrogens is 1. The predicted molar refractivity (Wildman–Crippen MR) is 88.2 cm³/mol. The third-order valence-corrected chi connectivity index (χ3v) is 4.45. The first-order valence-corrected chi connectivity index (χ1v) is 7.86. The molecule has 1 aromatic carbocycles. The number of imidazole rings is 1. The summed E-state index contributed by atoms with van der Waals surface area (Å²) >= 11 is 0. The van der Waals surface area contributed by atoms with Crippen molar-refractivity contribution in [2.45, 2.75) is 19.0 Å². The molecule has 3 aromatic rings. The van der Waals surface area contributed by atoms with Gasteiger partial charge in [-0.3, -0.25) is 9.47 Å². The number of nitrogens with one attached hydrogen (secondary N) is 1. The van der Waals surface area contributed by atoms with Gasteiger partial charge in [0.25, 0.3) is 0 Å². The van der Waals surface area contributed by atoms with Crippen LogP contribution in [-0.2, 0) is 6.54 Å². The van der Waals surface area contributed by atoms with Crippen LogP contribution in [0.25, 0.3) is 11.2 Å². The molecule has 0 aliphatic carbocycles. The Morgan fingerprint density at radius 1 is 1.42 bits per heavy atom.